The van der Waals surface area contributed by atoms with Crippen molar-refractivity contribution in [2.45, 2.75) is 25.2 Å². The van der Waals surface area contributed by atoms with E-state index in [1.165, 1.54) is 23.1 Å². The van der Waals surface area contributed by atoms with Gasteiger partial charge < -0.3 is 5.73 Å². The fraction of sp³-hybridized carbons (Fsp3) is 0.235. The lowest BCUT2D eigenvalue weighted by Crippen LogP contribution is -2.11. The van der Waals surface area contributed by atoms with Crippen LogP contribution in [-0.2, 0) is 6.42 Å². The number of nitrogens with zero attached hydrogens (tertiary/aromatic N) is 1. The van der Waals surface area contributed by atoms with Crippen molar-refractivity contribution in [3.63, 3.8) is 0 Å². The van der Waals surface area contributed by atoms with Crippen LogP contribution in [0.25, 0.3) is 0 Å². The Morgan fingerprint density at radius 1 is 1.10 bits per heavy atom. The molecule has 3 rings (SSSR count). The van der Waals surface area contributed by atoms with Gasteiger partial charge in [0.2, 0.25) is 0 Å². The highest BCUT2D eigenvalue weighted by atomic mass is 35.5. The third-order valence-corrected chi connectivity index (χ3v) is 3.93. The SMILES string of the molecule is Cl.N#Cc1ccc2c(c1)C(c1ccc(N)cc1)CCC2. The molecule has 0 aromatic heterocycles. The molecule has 0 fully saturated rings. The van der Waals surface area contributed by atoms with Gasteiger partial charge in [-0.25, -0.2) is 0 Å². The maximum atomic E-state index is 9.07. The van der Waals surface area contributed by atoms with Gasteiger partial charge >= 0.3 is 0 Å². The van der Waals surface area contributed by atoms with Gasteiger partial charge in [-0.2, -0.15) is 5.26 Å². The van der Waals surface area contributed by atoms with E-state index in [2.05, 4.69) is 30.3 Å². The molecule has 1 atom stereocenters. The summed E-state index contributed by atoms with van der Waals surface area (Å²) in [4.78, 5) is 0. The summed E-state index contributed by atoms with van der Waals surface area (Å²) < 4.78 is 0. The molecule has 20 heavy (non-hydrogen) atoms. The van der Waals surface area contributed by atoms with Crippen LogP contribution >= 0.6 is 12.4 Å². The Hall–Kier alpha value is -1.98. The van der Waals surface area contributed by atoms with Gasteiger partial charge in [0.15, 0.2) is 0 Å². The molecule has 0 saturated heterocycles. The molecule has 2 nitrogen and oxygen atoms in total. The van der Waals surface area contributed by atoms with E-state index in [0.29, 0.717) is 5.92 Å². The molecule has 0 radical (unpaired) electrons. The Bertz CT molecular complexity index is 641. The first-order valence-corrected chi connectivity index (χ1v) is 6.66. The lowest BCUT2D eigenvalue weighted by Gasteiger charge is -2.26. The second-order valence-corrected chi connectivity index (χ2v) is 5.14. The zero-order valence-corrected chi connectivity index (χ0v) is 12.0. The van der Waals surface area contributed by atoms with Crippen molar-refractivity contribution >= 4 is 18.1 Å². The number of aryl methyl sites for hydroxylation is 1. The normalized spacial score (nSPS) is 16.6. The third kappa shape index (κ3) is 2.64. The molecule has 0 aliphatic heterocycles. The van der Waals surface area contributed by atoms with Crippen molar-refractivity contribution in [3.8, 4) is 6.07 Å². The molecule has 1 aliphatic carbocycles. The summed E-state index contributed by atoms with van der Waals surface area (Å²) in [5.74, 6) is 0.401. The van der Waals surface area contributed by atoms with Gasteiger partial charge in [0.25, 0.3) is 0 Å². The average Bonchev–Trinajstić information content (AvgIpc) is 2.47. The van der Waals surface area contributed by atoms with Gasteiger partial charge in [0.1, 0.15) is 0 Å². The lowest BCUT2D eigenvalue weighted by molar-refractivity contribution is 0.616. The van der Waals surface area contributed by atoms with Crippen LogP contribution in [0.5, 0.6) is 0 Å². The van der Waals surface area contributed by atoms with Crippen molar-refractivity contribution in [1.29, 1.82) is 5.26 Å². The van der Waals surface area contributed by atoms with Crippen LogP contribution in [0.1, 0.15) is 41.0 Å². The zero-order chi connectivity index (χ0) is 13.2. The average molecular weight is 285 g/mol. The zero-order valence-electron chi connectivity index (χ0n) is 11.2. The minimum absolute atomic E-state index is 0. The number of anilines is 1. The fourth-order valence-corrected chi connectivity index (χ4v) is 2.94. The van der Waals surface area contributed by atoms with E-state index in [4.69, 9.17) is 11.0 Å². The van der Waals surface area contributed by atoms with E-state index in [0.717, 1.165) is 24.1 Å². The maximum absolute atomic E-state index is 9.07. The van der Waals surface area contributed by atoms with Gasteiger partial charge in [0.05, 0.1) is 11.6 Å². The van der Waals surface area contributed by atoms with Crippen molar-refractivity contribution in [2.75, 3.05) is 5.73 Å². The van der Waals surface area contributed by atoms with Gasteiger partial charge in [-0.15, -0.1) is 12.4 Å². The summed E-state index contributed by atoms with van der Waals surface area (Å²) in [6, 6.07) is 16.4. The number of nitrogens with two attached hydrogens (primary N) is 1. The van der Waals surface area contributed by atoms with E-state index in [1.807, 2.05) is 18.2 Å². The van der Waals surface area contributed by atoms with Crippen molar-refractivity contribution in [2.24, 2.45) is 0 Å². The molecule has 102 valence electrons. The maximum Gasteiger partial charge on any atom is 0.0991 e. The van der Waals surface area contributed by atoms with E-state index in [-0.39, 0.29) is 12.4 Å². The summed E-state index contributed by atoms with van der Waals surface area (Å²) >= 11 is 0. The first kappa shape index (κ1) is 14.4. The molecule has 2 aromatic rings. The summed E-state index contributed by atoms with van der Waals surface area (Å²) in [7, 11) is 0. The summed E-state index contributed by atoms with van der Waals surface area (Å²) in [5, 5.41) is 9.07. The molecule has 0 bridgehead atoms. The second-order valence-electron chi connectivity index (χ2n) is 5.14. The molecule has 3 heteroatoms. The van der Waals surface area contributed by atoms with Crippen LogP contribution in [0.3, 0.4) is 0 Å². The first-order valence-electron chi connectivity index (χ1n) is 6.66. The highest BCUT2D eigenvalue weighted by Crippen LogP contribution is 2.37. The van der Waals surface area contributed by atoms with Gasteiger partial charge in [-0.1, -0.05) is 18.2 Å². The van der Waals surface area contributed by atoms with Crippen LogP contribution in [0.2, 0.25) is 0 Å². The predicted octanol–water partition coefficient (Wildman–Crippen LogP) is 4.03. The molecule has 0 heterocycles. The Morgan fingerprint density at radius 2 is 1.85 bits per heavy atom. The molecule has 0 amide bonds. The quantitative estimate of drug-likeness (QED) is 0.804. The van der Waals surface area contributed by atoms with Crippen LogP contribution in [0.15, 0.2) is 42.5 Å². The minimum Gasteiger partial charge on any atom is -0.399 e. The Balaban J connectivity index is 0.00000147. The molecule has 0 spiro atoms. The van der Waals surface area contributed by atoms with Crippen LogP contribution in [0.4, 0.5) is 5.69 Å². The number of halogens is 1. The fourth-order valence-electron chi connectivity index (χ4n) is 2.94. The number of hydrogen-bond acceptors (Lipinski definition) is 2. The van der Waals surface area contributed by atoms with Crippen molar-refractivity contribution in [1.82, 2.24) is 0 Å². The number of fused-ring (bicyclic) bond motifs is 1. The van der Waals surface area contributed by atoms with Crippen molar-refractivity contribution < 1.29 is 0 Å². The minimum atomic E-state index is 0. The van der Waals surface area contributed by atoms with Crippen LogP contribution < -0.4 is 5.73 Å². The molecule has 2 N–H and O–H groups in total. The Labute approximate surface area is 125 Å². The number of hydrogen-bond donors (Lipinski definition) is 1. The summed E-state index contributed by atoms with van der Waals surface area (Å²) in [6.45, 7) is 0. The number of rotatable bonds is 1. The molecule has 1 unspecified atom stereocenters. The van der Waals surface area contributed by atoms with E-state index < -0.39 is 0 Å². The largest absolute Gasteiger partial charge is 0.399 e. The molecule has 1 aliphatic rings. The molecular weight excluding hydrogens is 268 g/mol. The number of nitriles is 1. The first-order chi connectivity index (χ1) is 9.28. The summed E-state index contributed by atoms with van der Waals surface area (Å²) in [5.41, 5.74) is 11.3. The highest BCUT2D eigenvalue weighted by Gasteiger charge is 2.21. The van der Waals surface area contributed by atoms with Crippen LogP contribution in [0, 0.1) is 11.3 Å². The second kappa shape index (κ2) is 5.98. The third-order valence-electron chi connectivity index (χ3n) is 3.93. The Kier molecular flexibility index (Phi) is 4.32. The smallest absolute Gasteiger partial charge is 0.0991 e. The standard InChI is InChI=1S/C17H16N2.ClH/c18-11-12-4-5-13-2-1-3-16(17(13)10-12)14-6-8-15(19)9-7-14;/h4-10,16H,1-3,19H2;1H. The Morgan fingerprint density at radius 3 is 2.55 bits per heavy atom. The van der Waals surface area contributed by atoms with Crippen molar-refractivity contribution in [3.05, 3.63) is 64.7 Å². The lowest BCUT2D eigenvalue weighted by atomic mass is 9.78. The van der Waals surface area contributed by atoms with Gasteiger partial charge in [-0.05, 0) is 60.2 Å². The van der Waals surface area contributed by atoms with Gasteiger partial charge in [-0.3, -0.25) is 0 Å². The number of nitrogen functional groups attached to an aromatic ring is 1. The van der Waals surface area contributed by atoms with Gasteiger partial charge in [0, 0.05) is 11.6 Å². The monoisotopic (exact) mass is 284 g/mol. The topological polar surface area (TPSA) is 49.8 Å². The number of benzene rings is 2. The highest BCUT2D eigenvalue weighted by molar-refractivity contribution is 5.85. The van der Waals surface area contributed by atoms with E-state index >= 15 is 0 Å². The molecule has 2 aromatic carbocycles. The predicted molar refractivity (Wildman–Crippen MR) is 84.0 cm³/mol. The summed E-state index contributed by atoms with van der Waals surface area (Å²) in [6.07, 6.45) is 3.46. The van der Waals surface area contributed by atoms with E-state index in [9.17, 15) is 0 Å². The molecule has 0 saturated carbocycles. The van der Waals surface area contributed by atoms with Crippen LogP contribution in [-0.4, -0.2) is 0 Å². The molecular formula is C17H17ClN2. The van der Waals surface area contributed by atoms with E-state index in [1.54, 1.807) is 0 Å².